The maximum absolute atomic E-state index is 13.2. The van der Waals surface area contributed by atoms with Gasteiger partial charge in [0.2, 0.25) is 5.91 Å². The molecule has 5 N–H and O–H groups in total. The highest BCUT2D eigenvalue weighted by atomic mass is 16.5. The lowest BCUT2D eigenvalue weighted by Crippen LogP contribution is -2.33. The van der Waals surface area contributed by atoms with Gasteiger partial charge >= 0.3 is 0 Å². The number of nitrogens with two attached hydrogens (primary N) is 1. The summed E-state index contributed by atoms with van der Waals surface area (Å²) in [4.78, 5) is 13.2. The van der Waals surface area contributed by atoms with E-state index in [0.29, 0.717) is 23.6 Å². The van der Waals surface area contributed by atoms with Crippen LogP contribution >= 0.6 is 0 Å². The molecule has 1 atom stereocenters. The third kappa shape index (κ3) is 5.54. The topological polar surface area (TPSA) is 109 Å². The van der Waals surface area contributed by atoms with Crippen molar-refractivity contribution in [1.82, 2.24) is 5.32 Å². The number of ether oxygens (including phenoxy) is 2. The molecule has 0 aromatic heterocycles. The quantitative estimate of drug-likeness (QED) is 0.314. The van der Waals surface area contributed by atoms with Gasteiger partial charge in [-0.2, -0.15) is 0 Å². The maximum Gasteiger partial charge on any atom is 0.247 e. The average molecular weight is 418 g/mol. The molecule has 1 unspecified atom stereocenters. The first-order valence-electron chi connectivity index (χ1n) is 9.76. The number of carbonyl (C=O) groups is 1. The molecule has 0 spiro atoms. The highest BCUT2D eigenvalue weighted by molar-refractivity contribution is 5.95. The highest BCUT2D eigenvalue weighted by Gasteiger charge is 2.22. The molecular formula is C24H26N4O3. The van der Waals surface area contributed by atoms with Gasteiger partial charge in [-0.1, -0.05) is 36.4 Å². The van der Waals surface area contributed by atoms with Gasteiger partial charge in [0.1, 0.15) is 11.9 Å². The lowest BCUT2D eigenvalue weighted by molar-refractivity contribution is -0.122. The molecule has 0 aliphatic carbocycles. The number of nitrogen functional groups attached to an aromatic ring is 1. The first-order chi connectivity index (χ1) is 15.0. The van der Waals surface area contributed by atoms with Crippen LogP contribution in [0.4, 0.5) is 5.69 Å². The summed E-state index contributed by atoms with van der Waals surface area (Å²) >= 11 is 0. The zero-order chi connectivity index (χ0) is 22.2. The van der Waals surface area contributed by atoms with E-state index in [1.165, 1.54) is 0 Å². The summed E-state index contributed by atoms with van der Waals surface area (Å²) in [5, 5.41) is 13.8. The van der Waals surface area contributed by atoms with Crippen LogP contribution in [0.3, 0.4) is 0 Å². The molecule has 0 bridgehead atoms. The number of rotatable bonds is 9. The molecule has 3 aromatic carbocycles. The first kappa shape index (κ1) is 21.7. The summed E-state index contributed by atoms with van der Waals surface area (Å²) in [7, 11) is 3.12. The molecule has 160 valence electrons. The van der Waals surface area contributed by atoms with Crippen LogP contribution in [0.5, 0.6) is 11.5 Å². The lowest BCUT2D eigenvalue weighted by atomic mass is 10.0. The number of nitrogens with one attached hydrogen (secondary N) is 3. The Kier molecular flexibility index (Phi) is 7.11. The second-order valence-electron chi connectivity index (χ2n) is 6.89. The number of carbonyl (C=O) groups excluding carboxylic acids is 1. The molecule has 0 aliphatic heterocycles. The van der Waals surface area contributed by atoms with Crippen LogP contribution in [0.1, 0.15) is 22.7 Å². The molecule has 0 aliphatic rings. The van der Waals surface area contributed by atoms with Crippen LogP contribution < -0.4 is 25.8 Å². The van der Waals surface area contributed by atoms with Crippen LogP contribution in [0, 0.1) is 5.41 Å². The summed E-state index contributed by atoms with van der Waals surface area (Å²) < 4.78 is 10.7. The Labute approximate surface area is 181 Å². The van der Waals surface area contributed by atoms with E-state index in [9.17, 15) is 4.79 Å². The predicted molar refractivity (Wildman–Crippen MR) is 122 cm³/mol. The molecule has 0 radical (unpaired) electrons. The highest BCUT2D eigenvalue weighted by Crippen LogP contribution is 2.31. The van der Waals surface area contributed by atoms with Gasteiger partial charge in [0, 0.05) is 17.8 Å². The largest absolute Gasteiger partial charge is 0.493 e. The van der Waals surface area contributed by atoms with Crippen molar-refractivity contribution in [2.45, 2.75) is 12.6 Å². The Morgan fingerprint density at radius 3 is 2.26 bits per heavy atom. The molecule has 7 heteroatoms. The van der Waals surface area contributed by atoms with Crippen LogP contribution in [0.25, 0.3) is 0 Å². The van der Waals surface area contributed by atoms with E-state index in [-0.39, 0.29) is 11.7 Å². The van der Waals surface area contributed by atoms with Crippen molar-refractivity contribution < 1.29 is 14.3 Å². The molecule has 1 amide bonds. The Morgan fingerprint density at radius 1 is 0.968 bits per heavy atom. The smallest absolute Gasteiger partial charge is 0.247 e. The van der Waals surface area contributed by atoms with Crippen molar-refractivity contribution in [2.24, 2.45) is 5.73 Å². The molecule has 0 fully saturated rings. The second kappa shape index (κ2) is 10.2. The fraction of sp³-hybridized carbons (Fsp3) is 0.167. The summed E-state index contributed by atoms with van der Waals surface area (Å²) in [5.74, 6) is 0.922. The van der Waals surface area contributed by atoms with Crippen molar-refractivity contribution in [1.29, 1.82) is 5.41 Å². The minimum absolute atomic E-state index is 0.0106. The number of amides is 1. The van der Waals surface area contributed by atoms with Crippen LogP contribution in [0.2, 0.25) is 0 Å². The van der Waals surface area contributed by atoms with Crippen molar-refractivity contribution in [3.8, 4) is 11.5 Å². The van der Waals surface area contributed by atoms with Crippen LogP contribution in [0.15, 0.2) is 72.8 Å². The Balaban J connectivity index is 1.87. The summed E-state index contributed by atoms with van der Waals surface area (Å²) in [6, 6.07) is 21.5. The number of hydrogen-bond donors (Lipinski definition) is 4. The van der Waals surface area contributed by atoms with E-state index in [1.807, 2.05) is 36.4 Å². The molecule has 0 saturated carbocycles. The van der Waals surface area contributed by atoms with Gasteiger partial charge in [0.05, 0.1) is 14.2 Å². The van der Waals surface area contributed by atoms with E-state index >= 15 is 0 Å². The number of hydrogen-bond acceptors (Lipinski definition) is 5. The number of methoxy groups -OCH3 is 2. The van der Waals surface area contributed by atoms with E-state index in [1.54, 1.807) is 50.6 Å². The Hall–Kier alpha value is -4.00. The number of amidine groups is 1. The number of anilines is 1. The molecule has 3 rings (SSSR count). The molecule has 3 aromatic rings. The van der Waals surface area contributed by atoms with E-state index < -0.39 is 6.04 Å². The van der Waals surface area contributed by atoms with Gasteiger partial charge in [-0.15, -0.1) is 0 Å². The van der Waals surface area contributed by atoms with Crippen molar-refractivity contribution in [3.05, 3.63) is 89.5 Å². The monoisotopic (exact) mass is 418 g/mol. The Morgan fingerprint density at radius 2 is 1.65 bits per heavy atom. The lowest BCUT2D eigenvalue weighted by Gasteiger charge is -2.21. The van der Waals surface area contributed by atoms with E-state index in [2.05, 4.69) is 10.6 Å². The van der Waals surface area contributed by atoms with Gasteiger partial charge in [-0.05, 0) is 47.5 Å². The minimum Gasteiger partial charge on any atom is -0.493 e. The fourth-order valence-corrected chi connectivity index (χ4v) is 3.13. The van der Waals surface area contributed by atoms with Crippen molar-refractivity contribution in [3.63, 3.8) is 0 Å². The molecule has 7 nitrogen and oxygen atoms in total. The molecule has 0 heterocycles. The standard InChI is InChI=1S/C24H26N4O3/c1-30-20-13-10-18(14-21(20)31-2)22(24(29)27-15-16-6-4-3-5-7-16)28-19-11-8-17(9-12-19)23(25)26/h3-14,22,28H,15H2,1-2H3,(H3,25,26)(H,27,29). The third-order valence-corrected chi connectivity index (χ3v) is 4.82. The summed E-state index contributed by atoms with van der Waals surface area (Å²) in [5.41, 5.74) is 8.59. The normalized spacial score (nSPS) is 11.3. The molecular weight excluding hydrogens is 392 g/mol. The minimum atomic E-state index is -0.674. The summed E-state index contributed by atoms with van der Waals surface area (Å²) in [6.45, 7) is 0.411. The van der Waals surface area contributed by atoms with Gasteiger partial charge in [0.25, 0.3) is 0 Å². The number of benzene rings is 3. The van der Waals surface area contributed by atoms with E-state index in [0.717, 1.165) is 16.8 Å². The van der Waals surface area contributed by atoms with Crippen molar-refractivity contribution in [2.75, 3.05) is 19.5 Å². The average Bonchev–Trinajstić information content (AvgIpc) is 2.81. The molecule has 0 saturated heterocycles. The molecule has 31 heavy (non-hydrogen) atoms. The predicted octanol–water partition coefficient (Wildman–Crippen LogP) is 3.46. The Bertz CT molecular complexity index is 1040. The van der Waals surface area contributed by atoms with Crippen LogP contribution in [-0.4, -0.2) is 26.0 Å². The van der Waals surface area contributed by atoms with Crippen LogP contribution in [-0.2, 0) is 11.3 Å². The zero-order valence-electron chi connectivity index (χ0n) is 17.5. The SMILES string of the molecule is COc1ccc(C(Nc2ccc(C(=N)N)cc2)C(=O)NCc2ccccc2)cc1OC. The fourth-order valence-electron chi connectivity index (χ4n) is 3.13. The first-order valence-corrected chi connectivity index (χ1v) is 9.76. The van der Waals surface area contributed by atoms with Gasteiger partial charge < -0.3 is 25.8 Å². The van der Waals surface area contributed by atoms with Gasteiger partial charge in [0.15, 0.2) is 11.5 Å². The van der Waals surface area contributed by atoms with Gasteiger partial charge in [-0.25, -0.2) is 0 Å². The summed E-state index contributed by atoms with van der Waals surface area (Å²) in [6.07, 6.45) is 0. The maximum atomic E-state index is 13.2. The van der Waals surface area contributed by atoms with E-state index in [4.69, 9.17) is 20.6 Å². The second-order valence-corrected chi connectivity index (χ2v) is 6.89. The van der Waals surface area contributed by atoms with Crippen molar-refractivity contribution >= 4 is 17.4 Å². The zero-order valence-corrected chi connectivity index (χ0v) is 17.5. The third-order valence-electron chi connectivity index (χ3n) is 4.82. The van der Waals surface area contributed by atoms with Gasteiger partial charge in [-0.3, -0.25) is 10.2 Å².